The molecule has 1 aromatic carbocycles. The third kappa shape index (κ3) is 4.67. The van der Waals surface area contributed by atoms with Crippen molar-refractivity contribution in [1.29, 1.82) is 0 Å². The van der Waals surface area contributed by atoms with Crippen LogP contribution in [0, 0.1) is 5.82 Å². The molecule has 4 nitrogen and oxygen atoms in total. The summed E-state index contributed by atoms with van der Waals surface area (Å²) in [4.78, 5) is 4.13. The number of rotatable bonds is 3. The van der Waals surface area contributed by atoms with E-state index in [9.17, 15) is 17.6 Å². The van der Waals surface area contributed by atoms with Crippen molar-refractivity contribution in [3.8, 4) is 0 Å². The molecule has 9 heteroatoms. The lowest BCUT2D eigenvalue weighted by Gasteiger charge is -2.21. The summed E-state index contributed by atoms with van der Waals surface area (Å²) < 4.78 is 63.3. The van der Waals surface area contributed by atoms with E-state index in [1.807, 2.05) is 43.2 Å². The third-order valence-electron chi connectivity index (χ3n) is 5.16. The van der Waals surface area contributed by atoms with Crippen LogP contribution in [0.1, 0.15) is 50.4 Å². The molecule has 1 atom stereocenters. The molecule has 1 aliphatic heterocycles. The Bertz CT molecular complexity index is 1010. The van der Waals surface area contributed by atoms with Gasteiger partial charge in [0.1, 0.15) is 10.8 Å². The van der Waals surface area contributed by atoms with Crippen LogP contribution in [-0.2, 0) is 29.9 Å². The maximum Gasteiger partial charge on any atom is 0.419 e. The van der Waals surface area contributed by atoms with E-state index in [-0.39, 0.29) is 22.1 Å². The van der Waals surface area contributed by atoms with Crippen molar-refractivity contribution in [2.75, 3.05) is 6.61 Å². The van der Waals surface area contributed by atoms with E-state index in [2.05, 4.69) is 4.99 Å². The second kappa shape index (κ2) is 8.26. The number of ether oxygens (including phenoxy) is 1. The zero-order valence-corrected chi connectivity index (χ0v) is 18.2. The Hall–Kier alpha value is -2.00. The lowest BCUT2D eigenvalue weighted by Crippen LogP contribution is -2.30. The van der Waals surface area contributed by atoms with E-state index in [0.29, 0.717) is 24.7 Å². The molecule has 0 spiro atoms. The van der Waals surface area contributed by atoms with Gasteiger partial charge in [0.25, 0.3) is 0 Å². The Morgan fingerprint density at radius 1 is 1.27 bits per heavy atom. The van der Waals surface area contributed by atoms with Gasteiger partial charge in [-0.3, -0.25) is 9.36 Å². The van der Waals surface area contributed by atoms with Gasteiger partial charge in [-0.05, 0) is 25.0 Å². The van der Waals surface area contributed by atoms with Crippen molar-refractivity contribution < 1.29 is 22.3 Å². The summed E-state index contributed by atoms with van der Waals surface area (Å²) in [6.45, 7) is 7.37. The van der Waals surface area contributed by atoms with Crippen LogP contribution >= 0.6 is 12.2 Å². The fourth-order valence-corrected chi connectivity index (χ4v) is 3.89. The molecule has 164 valence electrons. The maximum atomic E-state index is 14.5. The molecule has 2 heterocycles. The number of alkyl halides is 3. The number of nitrogens with zero attached hydrogens (tertiary/aromatic N) is 3. The van der Waals surface area contributed by atoms with Crippen LogP contribution < -0.4 is 5.49 Å². The van der Waals surface area contributed by atoms with Crippen LogP contribution in [0.15, 0.2) is 29.3 Å². The van der Waals surface area contributed by atoms with Crippen LogP contribution in [0.5, 0.6) is 0 Å². The van der Waals surface area contributed by atoms with Crippen molar-refractivity contribution in [1.82, 2.24) is 9.36 Å². The van der Waals surface area contributed by atoms with Crippen LogP contribution in [-0.4, -0.2) is 27.1 Å². The van der Waals surface area contributed by atoms with Crippen LogP contribution in [0.3, 0.4) is 0 Å². The third-order valence-corrected chi connectivity index (χ3v) is 5.47. The SMILES string of the molecule is Cn1c(C(C)(C)C)cc(=NC(=S)c2cccc(C(F)(F)F)c2F)n1C[C@H]1CCCO1. The topological polar surface area (TPSA) is 31.4 Å². The smallest absolute Gasteiger partial charge is 0.376 e. The number of benzene rings is 1. The van der Waals surface area contributed by atoms with Gasteiger partial charge in [0.2, 0.25) is 0 Å². The molecule has 0 amide bonds. The lowest BCUT2D eigenvalue weighted by molar-refractivity contribution is -0.140. The molecule has 0 bridgehead atoms. The zero-order chi connectivity index (χ0) is 22.3. The van der Waals surface area contributed by atoms with Gasteiger partial charge in [0, 0.05) is 36.4 Å². The molecule has 0 saturated carbocycles. The number of halogens is 4. The van der Waals surface area contributed by atoms with Gasteiger partial charge in [0.05, 0.1) is 18.2 Å². The number of hydrogen-bond acceptors (Lipinski definition) is 2. The van der Waals surface area contributed by atoms with Crippen LogP contribution in [0.25, 0.3) is 0 Å². The molecule has 0 unspecified atom stereocenters. The Labute approximate surface area is 178 Å². The highest BCUT2D eigenvalue weighted by atomic mass is 32.1. The lowest BCUT2D eigenvalue weighted by atomic mass is 9.92. The number of hydrogen-bond donors (Lipinski definition) is 0. The largest absolute Gasteiger partial charge is 0.419 e. The number of thiocarbonyl (C=S) groups is 1. The highest BCUT2D eigenvalue weighted by Crippen LogP contribution is 2.32. The molecule has 1 saturated heterocycles. The number of aromatic nitrogens is 2. The highest BCUT2D eigenvalue weighted by molar-refractivity contribution is 7.80. The molecular weight excluding hydrogens is 418 g/mol. The second-order valence-corrected chi connectivity index (χ2v) is 8.85. The Morgan fingerprint density at radius 3 is 2.53 bits per heavy atom. The molecule has 1 fully saturated rings. The van der Waals surface area contributed by atoms with E-state index in [1.165, 1.54) is 6.07 Å². The molecule has 0 aliphatic carbocycles. The predicted octanol–water partition coefficient (Wildman–Crippen LogP) is 4.74. The Balaban J connectivity index is 2.09. The van der Waals surface area contributed by atoms with Gasteiger partial charge in [0.15, 0.2) is 5.49 Å². The summed E-state index contributed by atoms with van der Waals surface area (Å²) in [5, 5.41) is 0. The molecule has 0 radical (unpaired) electrons. The molecule has 3 rings (SSSR count). The molecule has 30 heavy (non-hydrogen) atoms. The Morgan fingerprint density at radius 2 is 1.97 bits per heavy atom. The van der Waals surface area contributed by atoms with Gasteiger partial charge in [-0.2, -0.15) is 13.2 Å². The first-order chi connectivity index (χ1) is 13.9. The molecule has 2 aromatic rings. The van der Waals surface area contributed by atoms with Crippen molar-refractivity contribution in [3.63, 3.8) is 0 Å². The molecule has 1 aromatic heterocycles. The fraction of sp³-hybridized carbons (Fsp3) is 0.524. The average Bonchev–Trinajstić information content (AvgIpc) is 3.24. The minimum atomic E-state index is -4.80. The van der Waals surface area contributed by atoms with Crippen LogP contribution in [0.2, 0.25) is 0 Å². The summed E-state index contributed by atoms with van der Waals surface area (Å²) in [5.41, 5.74) is -0.478. The molecule has 0 N–H and O–H groups in total. The van der Waals surface area contributed by atoms with Gasteiger partial charge in [-0.1, -0.05) is 39.1 Å². The zero-order valence-electron chi connectivity index (χ0n) is 17.4. The minimum absolute atomic E-state index is 0.0178. The molecular formula is C21H25F4N3OS. The first-order valence-corrected chi connectivity index (χ1v) is 10.1. The van der Waals surface area contributed by atoms with Crippen LogP contribution in [0.4, 0.5) is 17.6 Å². The van der Waals surface area contributed by atoms with Crippen molar-refractivity contribution in [3.05, 3.63) is 52.4 Å². The van der Waals surface area contributed by atoms with Crippen molar-refractivity contribution in [2.45, 2.75) is 57.9 Å². The highest BCUT2D eigenvalue weighted by Gasteiger charge is 2.35. The van der Waals surface area contributed by atoms with Crippen molar-refractivity contribution in [2.24, 2.45) is 12.0 Å². The Kier molecular flexibility index (Phi) is 6.25. The second-order valence-electron chi connectivity index (χ2n) is 8.46. The normalized spacial score (nSPS) is 18.3. The van der Waals surface area contributed by atoms with Crippen molar-refractivity contribution >= 4 is 17.2 Å². The minimum Gasteiger partial charge on any atom is -0.376 e. The van der Waals surface area contributed by atoms with Gasteiger partial charge >= 0.3 is 6.18 Å². The van der Waals surface area contributed by atoms with E-state index >= 15 is 0 Å². The standard InChI is InChI=1S/C21H25F4N3OS/c1-20(2,3)16-11-17(28(27(16)4)12-13-7-6-10-29-13)26-19(30)14-8-5-9-15(18(14)22)21(23,24)25/h5,8-9,11,13H,6-7,10,12H2,1-4H3/t13-/m1/s1. The van der Waals surface area contributed by atoms with Gasteiger partial charge < -0.3 is 4.74 Å². The summed E-state index contributed by atoms with van der Waals surface area (Å²) in [6.07, 6.45) is -2.90. The quantitative estimate of drug-likeness (QED) is 0.507. The monoisotopic (exact) mass is 443 g/mol. The van der Waals surface area contributed by atoms with E-state index in [1.54, 1.807) is 0 Å². The van der Waals surface area contributed by atoms with E-state index in [0.717, 1.165) is 24.6 Å². The summed E-state index contributed by atoms with van der Waals surface area (Å²) >= 11 is 5.23. The van der Waals surface area contributed by atoms with E-state index < -0.39 is 17.6 Å². The maximum absolute atomic E-state index is 14.5. The average molecular weight is 444 g/mol. The van der Waals surface area contributed by atoms with Gasteiger partial charge in [-0.15, -0.1) is 0 Å². The first-order valence-electron chi connectivity index (χ1n) is 9.73. The van der Waals surface area contributed by atoms with E-state index in [4.69, 9.17) is 17.0 Å². The fourth-order valence-electron chi connectivity index (χ4n) is 3.64. The first kappa shape index (κ1) is 22.7. The molecule has 1 aliphatic rings. The predicted molar refractivity (Wildman–Crippen MR) is 110 cm³/mol. The van der Waals surface area contributed by atoms with Gasteiger partial charge in [-0.25, -0.2) is 9.38 Å². The summed E-state index contributed by atoms with van der Waals surface area (Å²) in [5.74, 6) is -1.41. The summed E-state index contributed by atoms with van der Waals surface area (Å²) in [6, 6.07) is 4.88. The summed E-state index contributed by atoms with van der Waals surface area (Å²) in [7, 11) is 1.89.